The lowest BCUT2D eigenvalue weighted by Crippen LogP contribution is -2.13. The van der Waals surface area contributed by atoms with E-state index in [9.17, 15) is 0 Å². The fourth-order valence-electron chi connectivity index (χ4n) is 2.84. The Hall–Kier alpha value is -1.35. The van der Waals surface area contributed by atoms with E-state index < -0.39 is 0 Å². The Bertz CT molecular complexity index is 588. The number of rotatable bonds is 3. The molecule has 0 spiro atoms. The Morgan fingerprint density at radius 1 is 1.11 bits per heavy atom. The molecule has 1 aliphatic rings. The van der Waals surface area contributed by atoms with Gasteiger partial charge in [0.25, 0.3) is 0 Å². The van der Waals surface area contributed by atoms with E-state index in [2.05, 4.69) is 51.0 Å². The molecule has 3 heteroatoms. The van der Waals surface area contributed by atoms with Crippen molar-refractivity contribution in [1.82, 2.24) is 10.3 Å². The molecule has 1 aromatic heterocycles. The van der Waals surface area contributed by atoms with Crippen LogP contribution in [0, 0.1) is 13.8 Å². The predicted octanol–water partition coefficient (Wildman–Crippen LogP) is 4.19. The molecule has 0 unspecified atom stereocenters. The molecule has 2 nitrogen and oxygen atoms in total. The van der Waals surface area contributed by atoms with Gasteiger partial charge in [0.15, 0.2) is 0 Å². The van der Waals surface area contributed by atoms with Gasteiger partial charge in [0.1, 0.15) is 4.99 Å². The number of aromatic nitrogens is 1. The van der Waals surface area contributed by atoms with E-state index in [-0.39, 0.29) is 0 Å². The molecule has 0 saturated heterocycles. The maximum absolute atomic E-state index is 5.35. The average molecular weight is 274 g/mol. The number of H-pyrrole nitrogens is 1. The van der Waals surface area contributed by atoms with Gasteiger partial charge >= 0.3 is 0 Å². The summed E-state index contributed by atoms with van der Waals surface area (Å²) in [6, 6.07) is 0. The molecular formula is C16H22N2S. The number of aromatic amines is 1. The lowest BCUT2D eigenvalue weighted by Gasteiger charge is -2.04. The molecule has 0 radical (unpaired) electrons. The number of aryl methyl sites for hydroxylation is 1. The molecular weight excluding hydrogens is 252 g/mol. The van der Waals surface area contributed by atoms with Gasteiger partial charge in [0.05, 0.1) is 0 Å². The molecule has 102 valence electrons. The first-order chi connectivity index (χ1) is 8.99. The standard InChI is InChI=1S/C16H22N2S/c1-6-12-9(3)14(17-11(12)5)8-15-13(7-2)10(4)16(19)18-15/h8,17H,6-7H2,1-5H3,(H,18,19)/b15-8-. The molecule has 0 aliphatic carbocycles. The van der Waals surface area contributed by atoms with Crippen LogP contribution in [0.5, 0.6) is 0 Å². The minimum absolute atomic E-state index is 0.861. The van der Waals surface area contributed by atoms with Crippen molar-refractivity contribution in [2.75, 3.05) is 0 Å². The number of nitrogens with one attached hydrogen (secondary N) is 2. The van der Waals surface area contributed by atoms with Crippen LogP contribution in [0.1, 0.15) is 49.7 Å². The minimum atomic E-state index is 0.861. The first kappa shape index (κ1) is 14.1. The fourth-order valence-corrected chi connectivity index (χ4v) is 3.08. The molecule has 19 heavy (non-hydrogen) atoms. The van der Waals surface area contributed by atoms with Gasteiger partial charge in [-0.2, -0.15) is 0 Å². The van der Waals surface area contributed by atoms with Gasteiger partial charge in [0.2, 0.25) is 0 Å². The van der Waals surface area contributed by atoms with E-state index in [0.29, 0.717) is 0 Å². The van der Waals surface area contributed by atoms with Crippen LogP contribution >= 0.6 is 12.2 Å². The van der Waals surface area contributed by atoms with E-state index in [1.54, 1.807) is 0 Å². The zero-order valence-electron chi connectivity index (χ0n) is 12.4. The third-order valence-electron chi connectivity index (χ3n) is 3.99. The van der Waals surface area contributed by atoms with Gasteiger partial charge in [-0.3, -0.25) is 0 Å². The third kappa shape index (κ3) is 2.39. The van der Waals surface area contributed by atoms with E-state index >= 15 is 0 Å². The van der Waals surface area contributed by atoms with Crippen molar-refractivity contribution >= 4 is 23.3 Å². The Labute approximate surface area is 121 Å². The second kappa shape index (κ2) is 5.33. The number of hydrogen-bond acceptors (Lipinski definition) is 1. The van der Waals surface area contributed by atoms with Crippen LogP contribution in [0.15, 0.2) is 16.8 Å². The van der Waals surface area contributed by atoms with E-state index in [1.807, 2.05) is 0 Å². The molecule has 2 rings (SSSR count). The molecule has 1 aliphatic heterocycles. The molecule has 0 bridgehead atoms. The summed E-state index contributed by atoms with van der Waals surface area (Å²) < 4.78 is 0. The predicted molar refractivity (Wildman–Crippen MR) is 86.3 cm³/mol. The molecule has 0 amide bonds. The Balaban J connectivity index is 2.46. The van der Waals surface area contributed by atoms with Gasteiger partial charge in [-0.1, -0.05) is 26.1 Å². The molecule has 2 heterocycles. The van der Waals surface area contributed by atoms with Gasteiger partial charge in [-0.25, -0.2) is 0 Å². The van der Waals surface area contributed by atoms with Crippen molar-refractivity contribution in [2.24, 2.45) is 0 Å². The number of hydrogen-bond donors (Lipinski definition) is 2. The molecule has 0 atom stereocenters. The van der Waals surface area contributed by atoms with Crippen LogP contribution < -0.4 is 5.32 Å². The SMILES string of the molecule is CCC1=C(C)C(=S)N/C1=C\c1[nH]c(C)c(CC)c1C. The van der Waals surface area contributed by atoms with Gasteiger partial charge < -0.3 is 10.3 Å². The summed E-state index contributed by atoms with van der Waals surface area (Å²) in [7, 11) is 0. The highest BCUT2D eigenvalue weighted by atomic mass is 32.1. The van der Waals surface area contributed by atoms with Crippen LogP contribution in [0.2, 0.25) is 0 Å². The number of allylic oxidation sites excluding steroid dienone is 1. The van der Waals surface area contributed by atoms with Gasteiger partial charge in [-0.15, -0.1) is 0 Å². The second-order valence-corrected chi connectivity index (χ2v) is 5.50. The fraction of sp³-hybridized carbons (Fsp3) is 0.438. The minimum Gasteiger partial charge on any atom is -0.359 e. The Morgan fingerprint density at radius 3 is 2.32 bits per heavy atom. The summed E-state index contributed by atoms with van der Waals surface area (Å²) in [4.78, 5) is 4.34. The summed E-state index contributed by atoms with van der Waals surface area (Å²) in [6.07, 6.45) is 4.27. The molecule has 2 N–H and O–H groups in total. The van der Waals surface area contributed by atoms with Crippen molar-refractivity contribution in [2.45, 2.75) is 47.5 Å². The van der Waals surface area contributed by atoms with Crippen molar-refractivity contribution < 1.29 is 0 Å². The summed E-state index contributed by atoms with van der Waals surface area (Å²) in [5.41, 5.74) is 8.92. The van der Waals surface area contributed by atoms with Gasteiger partial charge in [0, 0.05) is 17.1 Å². The smallest absolute Gasteiger partial charge is 0.106 e. The summed E-state index contributed by atoms with van der Waals surface area (Å²) >= 11 is 5.35. The Morgan fingerprint density at radius 2 is 1.79 bits per heavy atom. The second-order valence-electron chi connectivity index (χ2n) is 5.09. The van der Waals surface area contributed by atoms with Crippen LogP contribution in [0.3, 0.4) is 0 Å². The van der Waals surface area contributed by atoms with Crippen molar-refractivity contribution in [1.29, 1.82) is 0 Å². The van der Waals surface area contributed by atoms with E-state index in [1.165, 1.54) is 33.7 Å². The lowest BCUT2D eigenvalue weighted by molar-refractivity contribution is 1.07. The lowest BCUT2D eigenvalue weighted by atomic mass is 10.0. The highest BCUT2D eigenvalue weighted by Crippen LogP contribution is 2.27. The summed E-state index contributed by atoms with van der Waals surface area (Å²) in [6.45, 7) is 10.8. The normalized spacial score (nSPS) is 17.5. The Kier molecular flexibility index (Phi) is 3.95. The van der Waals surface area contributed by atoms with Crippen molar-refractivity contribution in [3.8, 4) is 0 Å². The zero-order valence-corrected chi connectivity index (χ0v) is 13.2. The summed E-state index contributed by atoms with van der Waals surface area (Å²) in [5.74, 6) is 0. The maximum atomic E-state index is 5.35. The van der Waals surface area contributed by atoms with Gasteiger partial charge in [-0.05, 0) is 62.0 Å². The first-order valence-corrected chi connectivity index (χ1v) is 7.31. The van der Waals surface area contributed by atoms with Crippen LogP contribution in [-0.4, -0.2) is 9.97 Å². The van der Waals surface area contributed by atoms with E-state index in [4.69, 9.17) is 12.2 Å². The van der Waals surface area contributed by atoms with Crippen molar-refractivity contribution in [3.05, 3.63) is 39.4 Å². The van der Waals surface area contributed by atoms with E-state index in [0.717, 1.165) is 23.5 Å². The average Bonchev–Trinajstić information content (AvgIpc) is 2.78. The third-order valence-corrected chi connectivity index (χ3v) is 4.40. The summed E-state index contributed by atoms with van der Waals surface area (Å²) in [5, 5.41) is 3.33. The largest absolute Gasteiger partial charge is 0.359 e. The quantitative estimate of drug-likeness (QED) is 0.809. The topological polar surface area (TPSA) is 27.8 Å². The molecule has 0 aromatic carbocycles. The maximum Gasteiger partial charge on any atom is 0.106 e. The van der Waals surface area contributed by atoms with Crippen LogP contribution in [-0.2, 0) is 6.42 Å². The zero-order chi connectivity index (χ0) is 14.2. The van der Waals surface area contributed by atoms with Crippen LogP contribution in [0.25, 0.3) is 6.08 Å². The highest BCUT2D eigenvalue weighted by molar-refractivity contribution is 7.80. The molecule has 1 aromatic rings. The molecule has 0 saturated carbocycles. The number of thiocarbonyl (C=S) groups is 1. The van der Waals surface area contributed by atoms with Crippen LogP contribution in [0.4, 0.5) is 0 Å². The first-order valence-electron chi connectivity index (χ1n) is 6.90. The monoisotopic (exact) mass is 274 g/mol. The van der Waals surface area contributed by atoms with Crippen molar-refractivity contribution in [3.63, 3.8) is 0 Å². The highest BCUT2D eigenvalue weighted by Gasteiger charge is 2.20. The molecule has 0 fully saturated rings.